The predicted octanol–water partition coefficient (Wildman–Crippen LogP) is 1.90. The van der Waals surface area contributed by atoms with Gasteiger partial charge in [0.2, 0.25) is 0 Å². The van der Waals surface area contributed by atoms with E-state index in [-0.39, 0.29) is 6.23 Å². The largest absolute Gasteiger partial charge is 0.453 e. The van der Waals surface area contributed by atoms with Gasteiger partial charge in [-0.05, 0) is 12.8 Å². The van der Waals surface area contributed by atoms with Gasteiger partial charge in [-0.3, -0.25) is 5.32 Å². The molecule has 4 nitrogen and oxygen atoms in total. The molecule has 1 unspecified atom stereocenters. The molecule has 0 bridgehead atoms. The van der Waals surface area contributed by atoms with Crippen LogP contribution in [0.25, 0.3) is 0 Å². The zero-order chi connectivity index (χ0) is 10.1. The van der Waals surface area contributed by atoms with E-state index in [1.807, 2.05) is 0 Å². The van der Waals surface area contributed by atoms with Gasteiger partial charge in [-0.1, -0.05) is 19.8 Å². The third-order valence-corrected chi connectivity index (χ3v) is 1.82. The molecule has 0 aromatic rings. The van der Waals surface area contributed by atoms with Gasteiger partial charge in [0.15, 0.2) is 0 Å². The Morgan fingerprint density at radius 2 is 2.08 bits per heavy atom. The van der Waals surface area contributed by atoms with Crippen molar-refractivity contribution in [1.29, 1.82) is 0 Å². The van der Waals surface area contributed by atoms with Crippen LogP contribution in [0.15, 0.2) is 0 Å². The van der Waals surface area contributed by atoms with Crippen LogP contribution in [0.3, 0.4) is 0 Å². The zero-order valence-corrected chi connectivity index (χ0v) is 8.63. The van der Waals surface area contributed by atoms with Crippen molar-refractivity contribution in [1.82, 2.24) is 5.32 Å². The van der Waals surface area contributed by atoms with Gasteiger partial charge in [-0.15, -0.1) is 0 Å². The molecule has 13 heavy (non-hydrogen) atoms. The molecule has 0 aliphatic rings. The SMILES string of the molecule is CCCCCC(NC(=O)OC)OC. The van der Waals surface area contributed by atoms with E-state index in [2.05, 4.69) is 17.0 Å². The van der Waals surface area contributed by atoms with E-state index in [0.717, 1.165) is 25.7 Å². The molecule has 1 atom stereocenters. The number of carbonyl (C=O) groups is 1. The Bertz CT molecular complexity index is 139. The molecule has 0 radical (unpaired) electrons. The van der Waals surface area contributed by atoms with E-state index in [0.29, 0.717) is 0 Å². The normalized spacial score (nSPS) is 12.2. The molecule has 4 heteroatoms. The molecule has 0 aromatic heterocycles. The number of nitrogens with one attached hydrogen (secondary N) is 1. The number of carbonyl (C=O) groups excluding carboxylic acids is 1. The first-order chi connectivity index (χ1) is 6.24. The van der Waals surface area contributed by atoms with Crippen molar-refractivity contribution in [2.75, 3.05) is 14.2 Å². The Labute approximate surface area is 79.6 Å². The highest BCUT2D eigenvalue weighted by molar-refractivity contribution is 5.67. The van der Waals surface area contributed by atoms with Gasteiger partial charge in [0.25, 0.3) is 0 Å². The highest BCUT2D eigenvalue weighted by Crippen LogP contribution is 2.03. The quantitative estimate of drug-likeness (QED) is 0.512. The fraction of sp³-hybridized carbons (Fsp3) is 0.889. The number of hydrogen-bond donors (Lipinski definition) is 1. The maximum absolute atomic E-state index is 10.8. The molecule has 0 rings (SSSR count). The van der Waals surface area contributed by atoms with Crippen LogP contribution in [-0.4, -0.2) is 26.5 Å². The highest BCUT2D eigenvalue weighted by Gasteiger charge is 2.09. The standard InChI is InChI=1S/C9H19NO3/c1-4-5-6-7-8(12-2)10-9(11)13-3/h8H,4-7H2,1-3H3,(H,10,11). The molecule has 0 spiro atoms. The molecular weight excluding hydrogens is 170 g/mol. The summed E-state index contributed by atoms with van der Waals surface area (Å²) in [7, 11) is 2.92. The summed E-state index contributed by atoms with van der Waals surface area (Å²) in [4.78, 5) is 10.8. The van der Waals surface area contributed by atoms with Crippen LogP contribution >= 0.6 is 0 Å². The highest BCUT2D eigenvalue weighted by atomic mass is 16.6. The van der Waals surface area contributed by atoms with Crippen LogP contribution < -0.4 is 5.32 Å². The molecule has 1 N–H and O–H groups in total. The van der Waals surface area contributed by atoms with E-state index in [9.17, 15) is 4.79 Å². The molecule has 0 heterocycles. The summed E-state index contributed by atoms with van der Waals surface area (Å²) in [6, 6.07) is 0. The molecule has 1 amide bonds. The van der Waals surface area contributed by atoms with Gasteiger partial charge >= 0.3 is 6.09 Å². The van der Waals surface area contributed by atoms with Crippen LogP contribution in [0, 0.1) is 0 Å². The lowest BCUT2D eigenvalue weighted by Gasteiger charge is -2.15. The topological polar surface area (TPSA) is 47.6 Å². The minimum atomic E-state index is -0.441. The van der Waals surface area contributed by atoms with Gasteiger partial charge in [0.05, 0.1) is 7.11 Å². The molecular formula is C9H19NO3. The Hall–Kier alpha value is -0.770. The lowest BCUT2D eigenvalue weighted by Crippen LogP contribution is -2.35. The summed E-state index contributed by atoms with van der Waals surface area (Å²) in [6.07, 6.45) is 3.54. The number of rotatable bonds is 6. The van der Waals surface area contributed by atoms with Crippen molar-refractivity contribution >= 4 is 6.09 Å². The Kier molecular flexibility index (Phi) is 7.39. The van der Waals surface area contributed by atoms with Crippen molar-refractivity contribution in [3.8, 4) is 0 Å². The second kappa shape index (κ2) is 7.86. The number of ether oxygens (including phenoxy) is 2. The third kappa shape index (κ3) is 6.40. The van der Waals surface area contributed by atoms with Crippen LogP contribution in [0.4, 0.5) is 4.79 Å². The van der Waals surface area contributed by atoms with E-state index < -0.39 is 6.09 Å². The van der Waals surface area contributed by atoms with E-state index in [1.54, 1.807) is 7.11 Å². The number of hydrogen-bond acceptors (Lipinski definition) is 3. The molecule has 0 aromatic carbocycles. The summed E-state index contributed by atoms with van der Waals surface area (Å²) in [6.45, 7) is 2.13. The predicted molar refractivity (Wildman–Crippen MR) is 50.5 cm³/mol. The third-order valence-electron chi connectivity index (χ3n) is 1.82. The number of alkyl carbamates (subject to hydrolysis) is 1. The molecule has 78 valence electrons. The summed E-state index contributed by atoms with van der Waals surface area (Å²) in [5.74, 6) is 0. The minimum absolute atomic E-state index is 0.223. The lowest BCUT2D eigenvalue weighted by atomic mass is 10.2. The monoisotopic (exact) mass is 189 g/mol. The minimum Gasteiger partial charge on any atom is -0.453 e. The maximum Gasteiger partial charge on any atom is 0.408 e. The molecule has 0 fully saturated rings. The first-order valence-electron chi connectivity index (χ1n) is 4.61. The van der Waals surface area contributed by atoms with Crippen molar-refractivity contribution < 1.29 is 14.3 Å². The second-order valence-electron chi connectivity index (χ2n) is 2.86. The van der Waals surface area contributed by atoms with Gasteiger partial charge in [-0.25, -0.2) is 4.79 Å². The van der Waals surface area contributed by atoms with Gasteiger partial charge < -0.3 is 9.47 Å². The fourth-order valence-corrected chi connectivity index (χ4v) is 1.02. The van der Waals surface area contributed by atoms with E-state index in [1.165, 1.54) is 7.11 Å². The Morgan fingerprint density at radius 3 is 2.54 bits per heavy atom. The Morgan fingerprint density at radius 1 is 1.38 bits per heavy atom. The summed E-state index contributed by atoms with van der Waals surface area (Å²) >= 11 is 0. The van der Waals surface area contributed by atoms with Crippen LogP contribution in [-0.2, 0) is 9.47 Å². The smallest absolute Gasteiger partial charge is 0.408 e. The fourth-order valence-electron chi connectivity index (χ4n) is 1.02. The van der Waals surface area contributed by atoms with E-state index >= 15 is 0 Å². The summed E-state index contributed by atoms with van der Waals surface area (Å²) in [5, 5.41) is 2.59. The molecule has 0 aliphatic heterocycles. The van der Waals surface area contributed by atoms with Crippen LogP contribution in [0.1, 0.15) is 32.6 Å². The van der Waals surface area contributed by atoms with Gasteiger partial charge in [0, 0.05) is 7.11 Å². The zero-order valence-electron chi connectivity index (χ0n) is 8.63. The van der Waals surface area contributed by atoms with Crippen LogP contribution in [0.5, 0.6) is 0 Å². The average molecular weight is 189 g/mol. The molecule has 0 saturated heterocycles. The Balaban J connectivity index is 3.56. The van der Waals surface area contributed by atoms with Crippen molar-refractivity contribution in [2.24, 2.45) is 0 Å². The summed E-state index contributed by atoms with van der Waals surface area (Å²) < 4.78 is 9.52. The first kappa shape index (κ1) is 12.2. The molecule has 0 saturated carbocycles. The maximum atomic E-state index is 10.8. The van der Waals surface area contributed by atoms with Gasteiger partial charge in [0.1, 0.15) is 6.23 Å². The van der Waals surface area contributed by atoms with Gasteiger partial charge in [-0.2, -0.15) is 0 Å². The van der Waals surface area contributed by atoms with Crippen LogP contribution in [0.2, 0.25) is 0 Å². The number of unbranched alkanes of at least 4 members (excludes halogenated alkanes) is 2. The van der Waals surface area contributed by atoms with Crippen molar-refractivity contribution in [2.45, 2.75) is 38.8 Å². The first-order valence-corrected chi connectivity index (χ1v) is 4.61. The number of methoxy groups -OCH3 is 2. The van der Waals surface area contributed by atoms with Crippen molar-refractivity contribution in [3.05, 3.63) is 0 Å². The average Bonchev–Trinajstić information content (AvgIpc) is 2.16. The molecule has 0 aliphatic carbocycles. The van der Waals surface area contributed by atoms with E-state index in [4.69, 9.17) is 4.74 Å². The summed E-state index contributed by atoms with van der Waals surface area (Å²) in [5.41, 5.74) is 0. The second-order valence-corrected chi connectivity index (χ2v) is 2.86. The lowest BCUT2D eigenvalue weighted by molar-refractivity contribution is 0.0595. The number of amides is 1. The van der Waals surface area contributed by atoms with Crippen molar-refractivity contribution in [3.63, 3.8) is 0 Å².